The summed E-state index contributed by atoms with van der Waals surface area (Å²) in [6.45, 7) is 5.26. The molecule has 11 heteroatoms. The monoisotopic (exact) mass is 487 g/mol. The molecule has 0 aliphatic carbocycles. The molecule has 2 unspecified atom stereocenters. The molecule has 1 fully saturated rings. The maximum atomic E-state index is 13.2. The first-order chi connectivity index (χ1) is 15.7. The number of benzene rings is 2. The van der Waals surface area contributed by atoms with Crippen molar-refractivity contribution in [3.05, 3.63) is 45.9 Å². The molecule has 2 aromatic carbocycles. The number of carbonyl (C=O) groups is 1. The third-order valence-electron chi connectivity index (χ3n) is 6.18. The molecule has 0 radical (unpaired) electrons. The summed E-state index contributed by atoms with van der Waals surface area (Å²) >= 11 is 12.8. The minimum Gasteiger partial charge on any atom is -0.380 e. The van der Waals surface area contributed by atoms with Crippen LogP contribution in [0.25, 0.3) is 11.0 Å². The van der Waals surface area contributed by atoms with Gasteiger partial charge in [0.2, 0.25) is 0 Å². The maximum Gasteiger partial charge on any atom is 0.254 e. The second-order valence-corrected chi connectivity index (χ2v) is 9.14. The van der Waals surface area contributed by atoms with Crippen molar-refractivity contribution in [1.82, 2.24) is 10.5 Å². The van der Waals surface area contributed by atoms with Gasteiger partial charge < -0.3 is 20.5 Å². The first-order valence-corrected chi connectivity index (χ1v) is 10.9. The van der Waals surface area contributed by atoms with Gasteiger partial charge in [-0.15, -0.1) is 0 Å². The zero-order valence-electron chi connectivity index (χ0n) is 18.0. The van der Waals surface area contributed by atoms with Crippen LogP contribution in [0, 0.1) is 16.7 Å². The SMILES string of the molecule is CC1CN(c2cccc3c(N)noc23)CC1(C)NC(=O)c1c(Cl)cc(N(C=N)C=N)cc1Cl. The van der Waals surface area contributed by atoms with E-state index >= 15 is 0 Å². The normalized spacial score (nSPS) is 20.1. The third kappa shape index (κ3) is 3.98. The Hall–Kier alpha value is -3.30. The number of nitrogens with two attached hydrogens (primary N) is 1. The van der Waals surface area contributed by atoms with E-state index < -0.39 is 11.4 Å². The molecule has 1 aliphatic heterocycles. The standard InChI is InChI=1S/C22H23Cl2N7O2/c1-12-8-30(17-5-3-4-14-19(17)33-29-20(14)27)9-22(12,2)28-21(32)18-15(23)6-13(7-16(18)24)31(10-25)11-26/h3-7,10-12,25-26H,8-9H2,1-2H3,(H2,27,29)(H,28,32). The van der Waals surface area contributed by atoms with Crippen molar-refractivity contribution in [3.63, 3.8) is 0 Å². The van der Waals surface area contributed by atoms with Crippen LogP contribution >= 0.6 is 23.2 Å². The average molecular weight is 488 g/mol. The fourth-order valence-electron chi connectivity index (χ4n) is 4.14. The molecule has 172 valence electrons. The molecule has 0 bridgehead atoms. The van der Waals surface area contributed by atoms with Gasteiger partial charge in [-0.3, -0.25) is 20.5 Å². The van der Waals surface area contributed by atoms with Crippen molar-refractivity contribution < 1.29 is 9.32 Å². The van der Waals surface area contributed by atoms with Gasteiger partial charge >= 0.3 is 0 Å². The number of halogens is 2. The van der Waals surface area contributed by atoms with E-state index in [1.165, 1.54) is 17.0 Å². The lowest BCUT2D eigenvalue weighted by Gasteiger charge is -2.30. The predicted octanol–water partition coefficient (Wildman–Crippen LogP) is 4.38. The van der Waals surface area contributed by atoms with E-state index in [-0.39, 0.29) is 21.5 Å². The van der Waals surface area contributed by atoms with Gasteiger partial charge in [0.1, 0.15) is 0 Å². The van der Waals surface area contributed by atoms with E-state index in [0.29, 0.717) is 30.2 Å². The second kappa shape index (κ2) is 8.57. The molecule has 1 amide bonds. The number of nitrogens with one attached hydrogen (secondary N) is 3. The fourth-order valence-corrected chi connectivity index (χ4v) is 4.79. The fraction of sp³-hybridized carbons (Fsp3) is 0.273. The maximum absolute atomic E-state index is 13.2. The van der Waals surface area contributed by atoms with Gasteiger partial charge in [0.15, 0.2) is 11.4 Å². The second-order valence-electron chi connectivity index (χ2n) is 8.32. The van der Waals surface area contributed by atoms with E-state index in [2.05, 4.69) is 22.3 Å². The van der Waals surface area contributed by atoms with Crippen LogP contribution in [0.1, 0.15) is 24.2 Å². The molecule has 1 aliphatic rings. The molecule has 0 saturated carbocycles. The molecule has 0 spiro atoms. The van der Waals surface area contributed by atoms with Gasteiger partial charge in [0.05, 0.1) is 50.6 Å². The predicted molar refractivity (Wildman–Crippen MR) is 132 cm³/mol. The highest BCUT2D eigenvalue weighted by molar-refractivity contribution is 6.40. The van der Waals surface area contributed by atoms with Crippen molar-refractivity contribution >= 4 is 69.9 Å². The van der Waals surface area contributed by atoms with Crippen molar-refractivity contribution in [2.45, 2.75) is 19.4 Å². The van der Waals surface area contributed by atoms with Gasteiger partial charge in [-0.1, -0.05) is 41.3 Å². The molecule has 3 aromatic rings. The number of anilines is 3. The van der Waals surface area contributed by atoms with E-state index in [1.54, 1.807) is 0 Å². The lowest BCUT2D eigenvalue weighted by atomic mass is 9.90. The van der Waals surface area contributed by atoms with E-state index in [4.69, 9.17) is 44.3 Å². The zero-order valence-corrected chi connectivity index (χ0v) is 19.5. The Morgan fingerprint density at radius 3 is 2.64 bits per heavy atom. The largest absolute Gasteiger partial charge is 0.380 e. The lowest BCUT2D eigenvalue weighted by molar-refractivity contribution is 0.0897. The van der Waals surface area contributed by atoms with Crippen molar-refractivity contribution in [3.8, 4) is 0 Å². The van der Waals surface area contributed by atoms with Crippen LogP contribution in [0.15, 0.2) is 34.9 Å². The molecule has 1 saturated heterocycles. The number of rotatable bonds is 6. The molecule has 2 heterocycles. The first-order valence-electron chi connectivity index (χ1n) is 10.2. The molecule has 2 atom stereocenters. The summed E-state index contributed by atoms with van der Waals surface area (Å²) in [5.41, 5.74) is 7.36. The Morgan fingerprint density at radius 1 is 1.33 bits per heavy atom. The molecular formula is C22H23Cl2N7O2. The van der Waals surface area contributed by atoms with Crippen LogP contribution in [0.4, 0.5) is 17.2 Å². The number of aromatic nitrogens is 1. The zero-order chi connectivity index (χ0) is 23.9. The van der Waals surface area contributed by atoms with Crippen LogP contribution in [-0.4, -0.2) is 42.4 Å². The van der Waals surface area contributed by atoms with Crippen molar-refractivity contribution in [2.24, 2.45) is 5.92 Å². The van der Waals surface area contributed by atoms with Gasteiger partial charge in [-0.05, 0) is 37.1 Å². The van der Waals surface area contributed by atoms with Crippen LogP contribution < -0.4 is 20.9 Å². The minimum atomic E-state index is -0.577. The summed E-state index contributed by atoms with van der Waals surface area (Å²) < 4.78 is 5.45. The van der Waals surface area contributed by atoms with E-state index in [0.717, 1.165) is 23.8 Å². The number of carbonyl (C=O) groups excluding carboxylic acids is 1. The summed E-state index contributed by atoms with van der Waals surface area (Å²) in [6, 6.07) is 8.70. The molecule has 9 nitrogen and oxygen atoms in total. The molecule has 5 N–H and O–H groups in total. The van der Waals surface area contributed by atoms with E-state index in [1.807, 2.05) is 25.1 Å². The number of amides is 1. The Labute approximate surface area is 200 Å². The van der Waals surface area contributed by atoms with Crippen molar-refractivity contribution in [1.29, 1.82) is 10.8 Å². The number of nitrogens with zero attached hydrogens (tertiary/aromatic N) is 3. The van der Waals surface area contributed by atoms with Gasteiger partial charge in [-0.25, -0.2) is 0 Å². The molecule has 4 rings (SSSR count). The number of nitrogen functional groups attached to an aromatic ring is 1. The minimum absolute atomic E-state index is 0.0973. The van der Waals surface area contributed by atoms with Crippen molar-refractivity contribution in [2.75, 3.05) is 28.6 Å². The van der Waals surface area contributed by atoms with Gasteiger partial charge in [0, 0.05) is 13.1 Å². The van der Waals surface area contributed by atoms with Crippen LogP contribution in [0.5, 0.6) is 0 Å². The molecular weight excluding hydrogens is 465 g/mol. The van der Waals surface area contributed by atoms with Crippen LogP contribution in [0.3, 0.4) is 0 Å². The van der Waals surface area contributed by atoms with Gasteiger partial charge in [-0.2, -0.15) is 0 Å². The summed E-state index contributed by atoms with van der Waals surface area (Å²) in [5.74, 6) is 0.0405. The highest BCUT2D eigenvalue weighted by Crippen LogP contribution is 2.37. The topological polar surface area (TPSA) is 135 Å². The lowest BCUT2D eigenvalue weighted by Crippen LogP contribution is -2.51. The summed E-state index contributed by atoms with van der Waals surface area (Å²) in [7, 11) is 0. The highest BCUT2D eigenvalue weighted by atomic mass is 35.5. The average Bonchev–Trinajstić information content (AvgIpc) is 3.28. The Kier molecular flexibility index (Phi) is 5.94. The number of hydrogen-bond donors (Lipinski definition) is 4. The Morgan fingerprint density at radius 2 is 2.00 bits per heavy atom. The summed E-state index contributed by atoms with van der Waals surface area (Å²) in [6.07, 6.45) is 1.90. The summed E-state index contributed by atoms with van der Waals surface area (Å²) in [5, 5.41) is 22.8. The smallest absolute Gasteiger partial charge is 0.254 e. The molecule has 1 aromatic heterocycles. The quantitative estimate of drug-likeness (QED) is 0.300. The van der Waals surface area contributed by atoms with Crippen LogP contribution in [0.2, 0.25) is 10.0 Å². The van der Waals surface area contributed by atoms with E-state index in [9.17, 15) is 4.79 Å². The van der Waals surface area contributed by atoms with Gasteiger partial charge in [0.25, 0.3) is 5.91 Å². The number of fused-ring (bicyclic) bond motifs is 1. The highest BCUT2D eigenvalue weighted by Gasteiger charge is 2.43. The first kappa shape index (κ1) is 22.9. The molecule has 33 heavy (non-hydrogen) atoms. The Bertz CT molecular complexity index is 1230. The number of para-hydroxylation sites is 1. The van der Waals surface area contributed by atoms with Crippen LogP contribution in [-0.2, 0) is 0 Å². The third-order valence-corrected chi connectivity index (χ3v) is 6.77. The summed E-state index contributed by atoms with van der Waals surface area (Å²) in [4.78, 5) is 16.6. The number of hydrogen-bond acceptors (Lipinski definition) is 7. The Balaban J connectivity index is 1.59.